The van der Waals surface area contributed by atoms with Crippen LogP contribution >= 0.6 is 0 Å². The minimum absolute atomic E-state index is 0.0672. The summed E-state index contributed by atoms with van der Waals surface area (Å²) in [5, 5.41) is 2.24. The second kappa shape index (κ2) is 9.17. The summed E-state index contributed by atoms with van der Waals surface area (Å²) in [5.41, 5.74) is 0.686. The number of likely N-dealkylation sites (tertiary alicyclic amines) is 1. The zero-order valence-corrected chi connectivity index (χ0v) is 20.0. The first-order valence-corrected chi connectivity index (χ1v) is 14.2. The number of hydrogen-bond acceptors (Lipinski definition) is 8. The molecule has 8 nitrogen and oxygen atoms in total. The first-order valence-electron chi connectivity index (χ1n) is 10.8. The third-order valence-corrected chi connectivity index (χ3v) is 10.6. The maximum atomic E-state index is 13.4. The molecule has 0 spiro atoms. The van der Waals surface area contributed by atoms with Gasteiger partial charge in [0.05, 0.1) is 41.1 Å². The lowest BCUT2D eigenvalue weighted by Gasteiger charge is -2.28. The van der Waals surface area contributed by atoms with Crippen LogP contribution in [0.25, 0.3) is 0 Å². The summed E-state index contributed by atoms with van der Waals surface area (Å²) in [5.74, 6) is 0.805. The molecule has 0 bridgehead atoms. The highest BCUT2D eigenvalue weighted by Gasteiger charge is 2.46. The van der Waals surface area contributed by atoms with Gasteiger partial charge in [-0.1, -0.05) is 0 Å². The van der Waals surface area contributed by atoms with Crippen LogP contribution in [0.1, 0.15) is 30.2 Å². The van der Waals surface area contributed by atoms with Crippen LogP contribution in [0.15, 0.2) is 45.9 Å². The van der Waals surface area contributed by atoms with Crippen LogP contribution in [0, 0.1) is 6.92 Å². The molecule has 2 aromatic rings. The van der Waals surface area contributed by atoms with Crippen LogP contribution in [0.5, 0.6) is 5.75 Å². The molecule has 0 radical (unpaired) electrons. The highest BCUT2D eigenvalue weighted by atomic mass is 32.2. The van der Waals surface area contributed by atoms with Gasteiger partial charge in [0.15, 0.2) is 19.7 Å². The van der Waals surface area contributed by atoms with E-state index in [0.717, 1.165) is 31.7 Å². The van der Waals surface area contributed by atoms with Crippen LogP contribution in [-0.2, 0) is 19.7 Å². The van der Waals surface area contributed by atoms with E-state index in [-0.39, 0.29) is 22.4 Å². The summed E-state index contributed by atoms with van der Waals surface area (Å²) in [6.07, 6.45) is 3.82. The molecule has 32 heavy (non-hydrogen) atoms. The second-order valence-corrected chi connectivity index (χ2v) is 12.9. The molecule has 3 heterocycles. The summed E-state index contributed by atoms with van der Waals surface area (Å²) in [6.45, 7) is 4.05. The number of aryl methyl sites for hydroxylation is 1. The number of benzene rings is 1. The fourth-order valence-corrected chi connectivity index (χ4v) is 9.52. The van der Waals surface area contributed by atoms with Crippen LogP contribution in [0.2, 0.25) is 0 Å². The molecule has 1 aromatic carbocycles. The number of nitrogens with zero attached hydrogens (tertiary/aromatic N) is 1. The van der Waals surface area contributed by atoms with E-state index in [1.165, 1.54) is 13.2 Å². The van der Waals surface area contributed by atoms with Gasteiger partial charge in [0.2, 0.25) is 0 Å². The number of nitrogens with one attached hydrogen (secondary N) is 1. The maximum absolute atomic E-state index is 13.4. The predicted octanol–water partition coefficient (Wildman–Crippen LogP) is 1.96. The summed E-state index contributed by atoms with van der Waals surface area (Å²) < 4.78 is 62.7. The monoisotopic (exact) mass is 482 g/mol. The molecule has 2 aliphatic rings. The maximum Gasteiger partial charge on any atom is 0.183 e. The SMILES string of the molecule is COc1ccc(S(=O)(=O)[C@H]2CS(=O)(=O)C[C@@H]2NCC(c2ccco2)N2CCCC2)cc1C. The van der Waals surface area contributed by atoms with E-state index < -0.39 is 31.0 Å². The lowest BCUT2D eigenvalue weighted by molar-refractivity contribution is 0.206. The number of ether oxygens (including phenoxy) is 1. The summed E-state index contributed by atoms with van der Waals surface area (Å²) >= 11 is 0. The van der Waals surface area contributed by atoms with E-state index >= 15 is 0 Å². The zero-order valence-electron chi connectivity index (χ0n) is 18.4. The molecule has 0 amide bonds. The third-order valence-electron chi connectivity index (χ3n) is 6.42. The summed E-state index contributed by atoms with van der Waals surface area (Å²) in [4.78, 5) is 2.41. The van der Waals surface area contributed by atoms with Gasteiger partial charge < -0.3 is 14.5 Å². The normalized spacial score (nSPS) is 24.6. The molecule has 1 N–H and O–H groups in total. The van der Waals surface area contributed by atoms with Crippen molar-refractivity contribution in [2.45, 2.75) is 42.0 Å². The fraction of sp³-hybridized carbons (Fsp3) is 0.545. The van der Waals surface area contributed by atoms with Crippen LogP contribution in [0.3, 0.4) is 0 Å². The quantitative estimate of drug-likeness (QED) is 0.609. The van der Waals surface area contributed by atoms with E-state index in [2.05, 4.69) is 10.2 Å². The number of methoxy groups -OCH3 is 1. The highest BCUT2D eigenvalue weighted by molar-refractivity contribution is 7.96. The van der Waals surface area contributed by atoms with Crippen LogP contribution in [0.4, 0.5) is 0 Å². The van der Waals surface area contributed by atoms with Gasteiger partial charge in [-0.3, -0.25) is 4.90 Å². The van der Waals surface area contributed by atoms with Crippen molar-refractivity contribution in [2.75, 3.05) is 38.2 Å². The Labute approximate surface area is 189 Å². The van der Waals surface area contributed by atoms with Gasteiger partial charge in [0, 0.05) is 12.6 Å². The third kappa shape index (κ3) is 4.73. The lowest BCUT2D eigenvalue weighted by atomic mass is 10.1. The molecule has 1 unspecified atom stereocenters. The van der Waals surface area contributed by atoms with Gasteiger partial charge >= 0.3 is 0 Å². The predicted molar refractivity (Wildman–Crippen MR) is 121 cm³/mol. The number of sulfone groups is 2. The highest BCUT2D eigenvalue weighted by Crippen LogP contribution is 2.30. The Bertz CT molecular complexity index is 1140. The van der Waals surface area contributed by atoms with E-state index in [1.807, 2.05) is 12.1 Å². The van der Waals surface area contributed by atoms with Gasteiger partial charge in [0.25, 0.3) is 0 Å². The van der Waals surface area contributed by atoms with Crippen molar-refractivity contribution in [3.63, 3.8) is 0 Å². The molecule has 4 rings (SSSR count). The van der Waals surface area contributed by atoms with Crippen LogP contribution in [-0.4, -0.2) is 71.3 Å². The zero-order chi connectivity index (χ0) is 22.9. The fourth-order valence-electron chi connectivity index (χ4n) is 4.72. The smallest absolute Gasteiger partial charge is 0.183 e. The van der Waals surface area contributed by atoms with E-state index in [1.54, 1.807) is 25.3 Å². The number of hydrogen-bond donors (Lipinski definition) is 1. The molecule has 2 saturated heterocycles. The second-order valence-electron chi connectivity index (χ2n) is 8.58. The molecular weight excluding hydrogens is 452 g/mol. The van der Waals surface area contributed by atoms with Crippen molar-refractivity contribution in [1.29, 1.82) is 0 Å². The van der Waals surface area contributed by atoms with Crippen molar-refractivity contribution < 1.29 is 26.0 Å². The van der Waals surface area contributed by atoms with E-state index in [4.69, 9.17) is 9.15 Å². The molecule has 1 aromatic heterocycles. The molecule has 0 saturated carbocycles. The van der Waals surface area contributed by atoms with Gasteiger partial charge in [-0.25, -0.2) is 16.8 Å². The molecular formula is C22H30N2O6S2. The van der Waals surface area contributed by atoms with E-state index in [0.29, 0.717) is 17.9 Å². The number of rotatable bonds is 8. The Morgan fingerprint density at radius 2 is 1.97 bits per heavy atom. The lowest BCUT2D eigenvalue weighted by Crippen LogP contribution is -2.46. The molecule has 10 heteroatoms. The first kappa shape index (κ1) is 23.3. The topological polar surface area (TPSA) is 106 Å². The Kier molecular flexibility index (Phi) is 6.67. The standard InChI is InChI=1S/C22H30N2O6S2/c1-16-12-17(7-8-20(16)29-2)32(27,28)22-15-31(25,26)14-18(22)23-13-19(21-6-5-11-30-21)24-9-3-4-10-24/h5-8,11-12,18-19,22-23H,3-4,9-10,13-15H2,1-2H3/t18-,19?,22-/m0/s1. The summed E-state index contributed by atoms with van der Waals surface area (Å²) in [6, 6.07) is 7.62. The van der Waals surface area contributed by atoms with Crippen molar-refractivity contribution in [3.05, 3.63) is 47.9 Å². The number of furan rings is 1. The van der Waals surface area contributed by atoms with Crippen molar-refractivity contribution >= 4 is 19.7 Å². The first-order chi connectivity index (χ1) is 15.2. The van der Waals surface area contributed by atoms with Gasteiger partial charge in [-0.05, 0) is 68.8 Å². The minimum atomic E-state index is -3.86. The molecule has 0 aliphatic carbocycles. The van der Waals surface area contributed by atoms with Crippen molar-refractivity contribution in [2.24, 2.45) is 0 Å². The molecule has 176 valence electrons. The van der Waals surface area contributed by atoms with Crippen molar-refractivity contribution in [3.8, 4) is 5.75 Å². The largest absolute Gasteiger partial charge is 0.496 e. The summed E-state index contributed by atoms with van der Waals surface area (Å²) in [7, 11) is -5.82. The minimum Gasteiger partial charge on any atom is -0.496 e. The Balaban J connectivity index is 1.57. The Hall–Kier alpha value is -1.88. The van der Waals surface area contributed by atoms with Crippen LogP contribution < -0.4 is 10.1 Å². The van der Waals surface area contributed by atoms with Gasteiger partial charge in [-0.15, -0.1) is 0 Å². The molecule has 2 aliphatic heterocycles. The molecule has 3 atom stereocenters. The average Bonchev–Trinajstić information content (AvgIpc) is 3.50. The van der Waals surface area contributed by atoms with Crippen molar-refractivity contribution in [1.82, 2.24) is 10.2 Å². The molecule has 2 fully saturated rings. The average molecular weight is 483 g/mol. The Morgan fingerprint density at radius 3 is 2.59 bits per heavy atom. The van der Waals surface area contributed by atoms with Gasteiger partial charge in [-0.2, -0.15) is 0 Å². The van der Waals surface area contributed by atoms with Gasteiger partial charge in [0.1, 0.15) is 11.5 Å². The Morgan fingerprint density at radius 1 is 1.22 bits per heavy atom. The van der Waals surface area contributed by atoms with E-state index in [9.17, 15) is 16.8 Å².